The van der Waals surface area contributed by atoms with Gasteiger partial charge < -0.3 is 25.8 Å². The van der Waals surface area contributed by atoms with E-state index >= 15 is 0 Å². The van der Waals surface area contributed by atoms with Crippen molar-refractivity contribution in [3.05, 3.63) is 30.0 Å². The predicted octanol–water partition coefficient (Wildman–Crippen LogP) is -0.489. The molecule has 9 heteroatoms. The summed E-state index contributed by atoms with van der Waals surface area (Å²) in [7, 11) is 0. The highest BCUT2D eigenvalue weighted by molar-refractivity contribution is 5.81. The van der Waals surface area contributed by atoms with E-state index < -0.39 is 30.6 Å². The highest BCUT2D eigenvalue weighted by Crippen LogP contribution is 2.40. The number of anilines is 1. The van der Waals surface area contributed by atoms with Crippen LogP contribution in [0.3, 0.4) is 0 Å². The molecule has 1 saturated heterocycles. The van der Waals surface area contributed by atoms with E-state index in [4.69, 9.17) is 10.5 Å². The fourth-order valence-electron chi connectivity index (χ4n) is 2.68. The number of rotatable bonds is 3. The molecule has 128 valence electrons. The maximum atomic E-state index is 11.0. The summed E-state index contributed by atoms with van der Waals surface area (Å²) in [5, 5.41) is 30.9. The van der Waals surface area contributed by atoms with E-state index in [9.17, 15) is 15.3 Å². The quantitative estimate of drug-likeness (QED) is 0.552. The minimum Gasteiger partial charge on any atom is -0.394 e. The molecule has 0 aliphatic carbocycles. The van der Waals surface area contributed by atoms with Crippen LogP contribution < -0.4 is 5.73 Å². The summed E-state index contributed by atoms with van der Waals surface area (Å²) in [6, 6.07) is 0. The van der Waals surface area contributed by atoms with Crippen molar-refractivity contribution in [3.63, 3.8) is 0 Å². The van der Waals surface area contributed by atoms with Crippen molar-refractivity contribution in [1.29, 1.82) is 0 Å². The van der Waals surface area contributed by atoms with Crippen LogP contribution in [0.5, 0.6) is 0 Å². The Hall–Kier alpha value is -2.29. The SMILES string of the molecule is CC(C)=C=C[C@@]1(O)[C@H](O)[C@@H](CO)O[C@H]1n1cnc2c(N)ncnc21. The number of hydrogen-bond donors (Lipinski definition) is 4. The van der Waals surface area contributed by atoms with Crippen LogP contribution in [-0.4, -0.2) is 59.3 Å². The van der Waals surface area contributed by atoms with E-state index in [2.05, 4.69) is 20.7 Å². The lowest BCUT2D eigenvalue weighted by Gasteiger charge is -2.27. The standard InChI is InChI=1S/C15H19N5O4/c1-8(2)3-4-15(23)11(22)9(5-21)24-14(15)20-7-19-10-12(16)17-6-18-13(10)20/h4,6-7,9,11,14,21-23H,5H2,1-2H3,(H2,16,17,18)/t9-,11-,14-,15-/m1/s1. The van der Waals surface area contributed by atoms with Crippen molar-refractivity contribution in [2.45, 2.75) is 37.9 Å². The lowest BCUT2D eigenvalue weighted by atomic mass is 9.93. The molecule has 0 spiro atoms. The first-order valence-corrected chi connectivity index (χ1v) is 7.39. The van der Waals surface area contributed by atoms with Gasteiger partial charge in [0.05, 0.1) is 12.9 Å². The van der Waals surface area contributed by atoms with E-state index in [1.54, 1.807) is 13.8 Å². The van der Waals surface area contributed by atoms with Gasteiger partial charge in [0.15, 0.2) is 23.3 Å². The summed E-state index contributed by atoms with van der Waals surface area (Å²) < 4.78 is 7.11. The van der Waals surface area contributed by atoms with Gasteiger partial charge in [0.25, 0.3) is 0 Å². The van der Waals surface area contributed by atoms with E-state index in [1.165, 1.54) is 23.3 Å². The average Bonchev–Trinajstić information content (AvgIpc) is 3.07. The van der Waals surface area contributed by atoms with Gasteiger partial charge in [0, 0.05) is 0 Å². The third kappa shape index (κ3) is 2.48. The molecule has 0 aromatic carbocycles. The molecule has 0 unspecified atom stereocenters. The molecule has 9 nitrogen and oxygen atoms in total. The molecule has 3 heterocycles. The molecule has 0 saturated carbocycles. The second-order valence-corrected chi connectivity index (χ2v) is 5.91. The Morgan fingerprint density at radius 1 is 1.46 bits per heavy atom. The number of imidazole rings is 1. The average molecular weight is 333 g/mol. The van der Waals surface area contributed by atoms with Crippen LogP contribution in [-0.2, 0) is 4.74 Å². The molecule has 4 atom stereocenters. The Morgan fingerprint density at radius 2 is 2.21 bits per heavy atom. The van der Waals surface area contributed by atoms with Crippen LogP contribution in [0.2, 0.25) is 0 Å². The molecular formula is C15H19N5O4. The first-order valence-electron chi connectivity index (χ1n) is 7.39. The molecule has 0 radical (unpaired) electrons. The van der Waals surface area contributed by atoms with Crippen molar-refractivity contribution in [2.75, 3.05) is 12.3 Å². The van der Waals surface area contributed by atoms with Crippen LogP contribution in [0.15, 0.2) is 30.0 Å². The zero-order chi connectivity index (χ0) is 17.5. The van der Waals surface area contributed by atoms with Crippen molar-refractivity contribution < 1.29 is 20.1 Å². The number of nitrogens with zero attached hydrogens (tertiary/aromatic N) is 4. The molecule has 0 amide bonds. The maximum Gasteiger partial charge on any atom is 0.172 e. The van der Waals surface area contributed by atoms with Gasteiger partial charge in [-0.05, 0) is 25.5 Å². The lowest BCUT2D eigenvalue weighted by Crippen LogP contribution is -2.45. The summed E-state index contributed by atoms with van der Waals surface area (Å²) in [5.74, 6) is 0.194. The first-order chi connectivity index (χ1) is 11.4. The highest BCUT2D eigenvalue weighted by Gasteiger charge is 2.55. The van der Waals surface area contributed by atoms with Crippen molar-refractivity contribution in [3.8, 4) is 0 Å². The number of ether oxygens (including phenoxy) is 1. The molecule has 3 rings (SSSR count). The number of hydrogen-bond acceptors (Lipinski definition) is 8. The topological polar surface area (TPSA) is 140 Å². The molecule has 1 fully saturated rings. The third-order valence-corrected chi connectivity index (χ3v) is 3.94. The second kappa shape index (κ2) is 5.97. The smallest absolute Gasteiger partial charge is 0.172 e. The minimum absolute atomic E-state index is 0.194. The van der Waals surface area contributed by atoms with E-state index in [-0.39, 0.29) is 5.82 Å². The van der Waals surface area contributed by atoms with Gasteiger partial charge in [-0.2, -0.15) is 0 Å². The fraction of sp³-hybridized carbons (Fsp3) is 0.467. The molecule has 0 bridgehead atoms. The lowest BCUT2D eigenvalue weighted by molar-refractivity contribution is -0.0772. The Balaban J connectivity index is 2.16. The Morgan fingerprint density at radius 3 is 2.88 bits per heavy atom. The summed E-state index contributed by atoms with van der Waals surface area (Å²) in [6.45, 7) is 3.16. The van der Waals surface area contributed by atoms with Gasteiger partial charge in [-0.25, -0.2) is 15.0 Å². The molecule has 1 aliphatic heterocycles. The van der Waals surface area contributed by atoms with E-state index in [1.807, 2.05) is 0 Å². The summed E-state index contributed by atoms with van der Waals surface area (Å²) in [5.41, 5.74) is 8.35. The number of aromatic nitrogens is 4. The van der Waals surface area contributed by atoms with Gasteiger partial charge >= 0.3 is 0 Å². The Bertz CT molecular complexity index is 824. The predicted molar refractivity (Wildman–Crippen MR) is 84.6 cm³/mol. The van der Waals surface area contributed by atoms with Crippen LogP contribution in [0.1, 0.15) is 20.1 Å². The van der Waals surface area contributed by atoms with Gasteiger partial charge in [-0.3, -0.25) is 4.57 Å². The molecule has 24 heavy (non-hydrogen) atoms. The Labute approximate surface area is 137 Å². The summed E-state index contributed by atoms with van der Waals surface area (Å²) in [4.78, 5) is 12.1. The fourth-order valence-corrected chi connectivity index (χ4v) is 2.68. The number of fused-ring (bicyclic) bond motifs is 1. The zero-order valence-electron chi connectivity index (χ0n) is 13.3. The minimum atomic E-state index is -1.82. The van der Waals surface area contributed by atoms with Crippen molar-refractivity contribution in [1.82, 2.24) is 19.5 Å². The molecule has 1 aliphatic rings. The van der Waals surface area contributed by atoms with Gasteiger partial charge in [-0.1, -0.05) is 0 Å². The van der Waals surface area contributed by atoms with Crippen LogP contribution >= 0.6 is 0 Å². The Kier molecular flexibility index (Phi) is 4.12. The largest absolute Gasteiger partial charge is 0.394 e. The monoisotopic (exact) mass is 333 g/mol. The van der Waals surface area contributed by atoms with Crippen molar-refractivity contribution in [2.24, 2.45) is 0 Å². The first kappa shape index (κ1) is 16.6. The summed E-state index contributed by atoms with van der Waals surface area (Å²) in [6.07, 6.45) is 0.631. The van der Waals surface area contributed by atoms with Crippen LogP contribution in [0, 0.1) is 0 Å². The molecular weight excluding hydrogens is 314 g/mol. The van der Waals surface area contributed by atoms with Crippen LogP contribution in [0.25, 0.3) is 11.2 Å². The molecule has 2 aromatic heterocycles. The molecule has 2 aromatic rings. The van der Waals surface area contributed by atoms with Gasteiger partial charge in [0.1, 0.15) is 24.1 Å². The summed E-state index contributed by atoms with van der Waals surface area (Å²) >= 11 is 0. The molecule has 5 N–H and O–H groups in total. The van der Waals surface area contributed by atoms with Crippen molar-refractivity contribution >= 4 is 17.0 Å². The number of aliphatic hydroxyl groups excluding tert-OH is 2. The maximum absolute atomic E-state index is 11.0. The second-order valence-electron chi connectivity index (χ2n) is 5.91. The normalized spacial score (nSPS) is 29.6. The van der Waals surface area contributed by atoms with E-state index in [0.717, 1.165) is 5.57 Å². The third-order valence-electron chi connectivity index (χ3n) is 3.94. The van der Waals surface area contributed by atoms with Gasteiger partial charge in [-0.15, -0.1) is 5.73 Å². The van der Waals surface area contributed by atoms with Gasteiger partial charge in [0.2, 0.25) is 0 Å². The number of nitrogens with two attached hydrogens (primary N) is 1. The van der Waals surface area contributed by atoms with Crippen LogP contribution in [0.4, 0.5) is 5.82 Å². The highest BCUT2D eigenvalue weighted by atomic mass is 16.6. The zero-order valence-corrected chi connectivity index (χ0v) is 13.3. The number of nitrogen functional groups attached to an aromatic ring is 1. The number of aliphatic hydroxyl groups is 3. The van der Waals surface area contributed by atoms with E-state index in [0.29, 0.717) is 11.2 Å².